The number of carbonyl (C=O) groups is 1. The van der Waals surface area contributed by atoms with Crippen LogP contribution in [0.25, 0.3) is 0 Å². The minimum Gasteiger partial charge on any atom is -0.619 e. The lowest BCUT2D eigenvalue weighted by atomic mass is 10.0. The topological polar surface area (TPSA) is 92.3 Å². The molecule has 0 radical (unpaired) electrons. The number of amides is 1. The van der Waals surface area contributed by atoms with Crippen LogP contribution < -0.4 is 19.5 Å². The van der Waals surface area contributed by atoms with Crippen molar-refractivity contribution in [2.45, 2.75) is 6.04 Å². The number of nitrogens with zero attached hydrogens (tertiary/aromatic N) is 3. The van der Waals surface area contributed by atoms with E-state index >= 15 is 0 Å². The molecule has 0 saturated heterocycles. The van der Waals surface area contributed by atoms with E-state index in [9.17, 15) is 10.0 Å². The molecule has 8 nitrogen and oxygen atoms in total. The van der Waals surface area contributed by atoms with Crippen LogP contribution in [0.15, 0.2) is 55.1 Å². The zero-order valence-electron chi connectivity index (χ0n) is 15.2. The number of aromatic nitrogens is 3. The van der Waals surface area contributed by atoms with E-state index in [1.165, 1.54) is 18.5 Å². The van der Waals surface area contributed by atoms with E-state index in [0.29, 0.717) is 22.1 Å². The maximum absolute atomic E-state index is 12.7. The summed E-state index contributed by atoms with van der Waals surface area (Å²) in [6, 6.07) is 7.89. The molecule has 0 aliphatic heterocycles. The van der Waals surface area contributed by atoms with Gasteiger partial charge >= 0.3 is 0 Å². The summed E-state index contributed by atoms with van der Waals surface area (Å²) >= 11 is 0. The third-order valence-electron chi connectivity index (χ3n) is 4.14. The lowest BCUT2D eigenvalue weighted by Gasteiger charge is -2.20. The van der Waals surface area contributed by atoms with Gasteiger partial charge in [0.1, 0.15) is 28.9 Å². The second-order valence-electron chi connectivity index (χ2n) is 5.90. The van der Waals surface area contributed by atoms with Crippen molar-refractivity contribution in [2.75, 3.05) is 14.2 Å². The zero-order valence-corrected chi connectivity index (χ0v) is 15.2. The Bertz CT molecular complexity index is 932. The van der Waals surface area contributed by atoms with Gasteiger partial charge in [-0.3, -0.25) is 4.79 Å². The second-order valence-corrected chi connectivity index (χ2v) is 5.90. The number of hydrogen-bond acceptors (Lipinski definition) is 5. The fourth-order valence-corrected chi connectivity index (χ4v) is 2.75. The predicted molar refractivity (Wildman–Crippen MR) is 97.5 cm³/mol. The number of ether oxygens (including phenoxy) is 2. The van der Waals surface area contributed by atoms with Crippen LogP contribution in [0.5, 0.6) is 11.5 Å². The highest BCUT2D eigenvalue weighted by Gasteiger charge is 2.23. The minimum absolute atomic E-state index is 0.251. The van der Waals surface area contributed by atoms with Crippen molar-refractivity contribution < 1.29 is 19.0 Å². The van der Waals surface area contributed by atoms with Gasteiger partial charge in [0.25, 0.3) is 5.91 Å². The highest BCUT2D eigenvalue weighted by molar-refractivity contribution is 5.94. The maximum Gasteiger partial charge on any atom is 0.258 e. The lowest BCUT2D eigenvalue weighted by Crippen LogP contribution is -2.33. The third-order valence-corrected chi connectivity index (χ3v) is 4.14. The normalized spacial score (nSPS) is 11.7. The van der Waals surface area contributed by atoms with Gasteiger partial charge in [0.2, 0.25) is 0 Å². The van der Waals surface area contributed by atoms with Crippen molar-refractivity contribution in [3.8, 4) is 11.5 Å². The molecule has 2 aromatic heterocycles. The molecule has 27 heavy (non-hydrogen) atoms. The Balaban J connectivity index is 2.02. The van der Waals surface area contributed by atoms with Crippen molar-refractivity contribution in [3.05, 3.63) is 77.3 Å². The fraction of sp³-hybridized carbons (Fsp3) is 0.211. The molecule has 3 aromatic rings. The van der Waals surface area contributed by atoms with Crippen LogP contribution in [0.1, 0.15) is 27.8 Å². The molecule has 0 spiro atoms. The molecule has 8 heteroatoms. The van der Waals surface area contributed by atoms with Gasteiger partial charge in [-0.15, -0.1) is 0 Å². The van der Waals surface area contributed by atoms with E-state index in [2.05, 4.69) is 10.3 Å². The van der Waals surface area contributed by atoms with Crippen molar-refractivity contribution in [1.82, 2.24) is 14.9 Å². The highest BCUT2D eigenvalue weighted by Crippen LogP contribution is 2.29. The van der Waals surface area contributed by atoms with Crippen molar-refractivity contribution in [1.29, 1.82) is 0 Å². The van der Waals surface area contributed by atoms with E-state index in [1.807, 2.05) is 11.6 Å². The molecule has 0 unspecified atom stereocenters. The highest BCUT2D eigenvalue weighted by atomic mass is 16.5. The summed E-state index contributed by atoms with van der Waals surface area (Å²) in [7, 11) is 4.96. The van der Waals surface area contributed by atoms with Crippen LogP contribution in [-0.2, 0) is 7.05 Å². The summed E-state index contributed by atoms with van der Waals surface area (Å²) in [5.74, 6) is 1.42. The molecule has 1 N–H and O–H groups in total. The molecule has 0 fully saturated rings. The number of nitrogens with one attached hydrogen (secondary N) is 1. The van der Waals surface area contributed by atoms with Crippen LogP contribution in [-0.4, -0.2) is 29.7 Å². The Morgan fingerprint density at radius 3 is 2.52 bits per heavy atom. The Kier molecular flexibility index (Phi) is 5.25. The average molecular weight is 368 g/mol. The molecule has 0 saturated carbocycles. The van der Waals surface area contributed by atoms with E-state index in [1.54, 1.807) is 50.9 Å². The van der Waals surface area contributed by atoms with Crippen molar-refractivity contribution in [3.63, 3.8) is 0 Å². The molecule has 1 atom stereocenters. The smallest absolute Gasteiger partial charge is 0.258 e. The molecule has 1 amide bonds. The number of rotatable bonds is 6. The number of methoxy groups -OCH3 is 2. The molecule has 0 aliphatic rings. The number of pyridine rings is 1. The van der Waals surface area contributed by atoms with E-state index in [4.69, 9.17) is 9.47 Å². The van der Waals surface area contributed by atoms with Gasteiger partial charge in [0, 0.05) is 31.6 Å². The zero-order chi connectivity index (χ0) is 19.4. The first-order valence-corrected chi connectivity index (χ1v) is 8.21. The third kappa shape index (κ3) is 4.00. The van der Waals surface area contributed by atoms with E-state index < -0.39 is 11.9 Å². The molecular weight excluding hydrogens is 348 g/mol. The van der Waals surface area contributed by atoms with Crippen molar-refractivity contribution >= 4 is 5.91 Å². The second kappa shape index (κ2) is 7.77. The van der Waals surface area contributed by atoms with Crippen LogP contribution in [0, 0.1) is 5.21 Å². The van der Waals surface area contributed by atoms with E-state index in [-0.39, 0.29) is 5.56 Å². The largest absolute Gasteiger partial charge is 0.619 e. The van der Waals surface area contributed by atoms with Gasteiger partial charge in [-0.25, -0.2) is 4.98 Å². The van der Waals surface area contributed by atoms with Crippen LogP contribution in [0.2, 0.25) is 0 Å². The first-order chi connectivity index (χ1) is 13.0. The van der Waals surface area contributed by atoms with Gasteiger partial charge in [0.15, 0.2) is 12.4 Å². The monoisotopic (exact) mass is 368 g/mol. The standard InChI is InChI=1S/C19H20N4O4/c1-22-8-6-20-18(22)17(14-9-15(26-2)11-16(10-14)27-3)21-19(24)13-5-4-7-23(25)12-13/h4-12,17H,1-3H3,(H,21,24)/t17-/m1/s1. The van der Waals surface area contributed by atoms with Crippen molar-refractivity contribution in [2.24, 2.45) is 7.05 Å². The summed E-state index contributed by atoms with van der Waals surface area (Å²) in [5.41, 5.74) is 0.987. The van der Waals surface area contributed by atoms with Gasteiger partial charge in [0.05, 0.1) is 14.2 Å². The molecule has 140 valence electrons. The molecule has 3 rings (SSSR count). The summed E-state index contributed by atoms with van der Waals surface area (Å²) in [5, 5.41) is 14.4. The number of hydrogen-bond donors (Lipinski definition) is 1. The Hall–Kier alpha value is -3.55. The van der Waals surface area contributed by atoms with Gasteiger partial charge < -0.3 is 24.6 Å². The number of aryl methyl sites for hydroxylation is 1. The van der Waals surface area contributed by atoms with Crippen LogP contribution in [0.4, 0.5) is 0 Å². The number of imidazole rings is 1. The molecule has 1 aromatic carbocycles. The minimum atomic E-state index is -0.568. The average Bonchev–Trinajstić information content (AvgIpc) is 3.11. The van der Waals surface area contributed by atoms with Gasteiger partial charge in [-0.2, -0.15) is 4.73 Å². The first kappa shape index (κ1) is 18.2. The molecule has 0 aliphatic carbocycles. The molecule has 2 heterocycles. The number of carbonyl (C=O) groups excluding carboxylic acids is 1. The SMILES string of the molecule is COc1cc(OC)cc([C@@H](NC(=O)c2ccc[n+]([O-])c2)c2nccn2C)c1. The van der Waals surface area contributed by atoms with Gasteiger partial charge in [-0.1, -0.05) is 0 Å². The first-order valence-electron chi connectivity index (χ1n) is 8.21. The Morgan fingerprint density at radius 2 is 1.96 bits per heavy atom. The Labute approximate surface area is 156 Å². The Morgan fingerprint density at radius 1 is 1.26 bits per heavy atom. The van der Waals surface area contributed by atoms with Gasteiger partial charge in [-0.05, 0) is 23.8 Å². The summed E-state index contributed by atoms with van der Waals surface area (Å²) in [6.07, 6.45) is 5.98. The lowest BCUT2D eigenvalue weighted by molar-refractivity contribution is -0.605. The predicted octanol–water partition coefficient (Wildman–Crippen LogP) is 1.59. The van der Waals surface area contributed by atoms with E-state index in [0.717, 1.165) is 5.56 Å². The maximum atomic E-state index is 12.7. The quantitative estimate of drug-likeness (QED) is 0.527. The summed E-state index contributed by atoms with van der Waals surface area (Å²) < 4.78 is 13.1. The van der Waals surface area contributed by atoms with Crippen LogP contribution >= 0.6 is 0 Å². The summed E-state index contributed by atoms with van der Waals surface area (Å²) in [4.78, 5) is 17.1. The molecular formula is C19H20N4O4. The summed E-state index contributed by atoms with van der Waals surface area (Å²) in [6.45, 7) is 0. The van der Waals surface area contributed by atoms with Crippen LogP contribution in [0.3, 0.4) is 0 Å². The fourth-order valence-electron chi connectivity index (χ4n) is 2.75. The number of benzene rings is 1. The molecule has 0 bridgehead atoms.